The van der Waals surface area contributed by atoms with E-state index in [1.165, 1.54) is 0 Å². The van der Waals surface area contributed by atoms with E-state index < -0.39 is 9.84 Å². The van der Waals surface area contributed by atoms with E-state index >= 15 is 0 Å². The van der Waals surface area contributed by atoms with Gasteiger partial charge < -0.3 is 0 Å². The van der Waals surface area contributed by atoms with Crippen LogP contribution in [0.1, 0.15) is 0 Å². The summed E-state index contributed by atoms with van der Waals surface area (Å²) in [6.45, 7) is 6.09. The molecule has 0 aliphatic rings. The summed E-state index contributed by atoms with van der Waals surface area (Å²) < 4.78 is 20.3. The van der Waals surface area contributed by atoms with E-state index in [0.29, 0.717) is 0 Å². The van der Waals surface area contributed by atoms with Crippen LogP contribution in [0.5, 0.6) is 0 Å². The Morgan fingerprint density at radius 2 is 1.38 bits per heavy atom. The molecule has 0 spiro atoms. The molecule has 0 saturated carbocycles. The summed E-state index contributed by atoms with van der Waals surface area (Å²) in [6, 6.07) is 0. The smallest absolute Gasteiger partial charge is 0.191 e. The number of rotatable bonds is 2. The number of hydrogen-bond acceptors (Lipinski definition) is 2. The van der Waals surface area contributed by atoms with E-state index in [1.807, 2.05) is 0 Å². The molecule has 0 amide bonds. The second-order valence-electron chi connectivity index (χ2n) is 0.922. The van der Waals surface area contributed by atoms with Gasteiger partial charge in [-0.15, -0.1) is 0 Å². The molecular weight excluding hydrogens is 176 g/mol. The van der Waals surface area contributed by atoms with E-state index in [9.17, 15) is 8.42 Å². The van der Waals surface area contributed by atoms with Crippen LogP contribution < -0.4 is 0 Å². The molecule has 0 aromatic rings. The van der Waals surface area contributed by atoms with Gasteiger partial charge in [-0.3, -0.25) is 0 Å². The van der Waals surface area contributed by atoms with Gasteiger partial charge in [-0.2, -0.15) is 0 Å². The van der Waals surface area contributed by atoms with Crippen LogP contribution >= 0.6 is 0 Å². The third-order valence-electron chi connectivity index (χ3n) is 0.465. The van der Waals surface area contributed by atoms with Crippen molar-refractivity contribution in [3.05, 3.63) is 24.0 Å². The molecule has 0 aromatic heterocycles. The molecular formula is C4H6CuO2S. The summed E-state index contributed by atoms with van der Waals surface area (Å²) in [5, 5.41) is 1.69. The van der Waals surface area contributed by atoms with Gasteiger partial charge in [-0.1, -0.05) is 13.2 Å². The van der Waals surface area contributed by atoms with Crippen molar-refractivity contribution in [3.63, 3.8) is 0 Å². The van der Waals surface area contributed by atoms with E-state index in [4.69, 9.17) is 0 Å². The van der Waals surface area contributed by atoms with E-state index in [-0.39, 0.29) is 17.1 Å². The largest absolute Gasteiger partial charge is 0.220 e. The zero-order valence-corrected chi connectivity index (χ0v) is 5.85. The van der Waals surface area contributed by atoms with Gasteiger partial charge in [0.15, 0.2) is 9.84 Å². The normalized spacial score (nSPS) is 9.00. The predicted molar refractivity (Wildman–Crippen MR) is 29.3 cm³/mol. The first-order chi connectivity index (χ1) is 3.12. The first-order valence-electron chi connectivity index (χ1n) is 1.62. The maximum absolute atomic E-state index is 10.1. The molecule has 0 aliphatic heterocycles. The number of hydrogen-bond donors (Lipinski definition) is 0. The van der Waals surface area contributed by atoms with Crippen LogP contribution in [0.2, 0.25) is 0 Å². The minimum absolute atomic E-state index is 0. The Morgan fingerprint density at radius 1 is 1.12 bits per heavy atom. The van der Waals surface area contributed by atoms with Gasteiger partial charge in [0.2, 0.25) is 0 Å². The van der Waals surface area contributed by atoms with Gasteiger partial charge in [-0.05, 0) is 0 Å². The van der Waals surface area contributed by atoms with Crippen LogP contribution in [-0.2, 0) is 26.9 Å². The molecule has 4 heteroatoms. The molecule has 0 fully saturated rings. The standard InChI is InChI=1S/C4H6O2S.Cu/c1-3-7(5,6)4-2;/h3-4H,1-2H2;. The minimum Gasteiger partial charge on any atom is -0.220 e. The molecule has 0 atom stereocenters. The third kappa shape index (κ3) is 4.12. The van der Waals surface area contributed by atoms with Crippen LogP contribution in [0.15, 0.2) is 24.0 Å². The first kappa shape index (κ1) is 10.8. The van der Waals surface area contributed by atoms with Crippen molar-refractivity contribution in [2.24, 2.45) is 0 Å². The van der Waals surface area contributed by atoms with Crippen LogP contribution in [0, 0.1) is 0 Å². The van der Waals surface area contributed by atoms with Gasteiger partial charge >= 0.3 is 0 Å². The van der Waals surface area contributed by atoms with Crippen LogP contribution in [0.3, 0.4) is 0 Å². The van der Waals surface area contributed by atoms with Crippen molar-refractivity contribution in [1.82, 2.24) is 0 Å². The number of sulfone groups is 1. The maximum atomic E-state index is 10.1. The Morgan fingerprint density at radius 3 is 1.38 bits per heavy atom. The Kier molecular flexibility index (Phi) is 5.28. The molecule has 0 heterocycles. The Bertz CT molecular complexity index is 154. The van der Waals surface area contributed by atoms with Crippen molar-refractivity contribution < 1.29 is 25.5 Å². The summed E-state index contributed by atoms with van der Waals surface area (Å²) in [5.74, 6) is 0. The molecule has 1 radical (unpaired) electrons. The fourth-order valence-corrected chi connectivity index (χ4v) is 0.204. The van der Waals surface area contributed by atoms with Crippen molar-refractivity contribution in [1.29, 1.82) is 0 Å². The van der Waals surface area contributed by atoms with Crippen molar-refractivity contribution >= 4 is 9.84 Å². The maximum Gasteiger partial charge on any atom is 0.191 e. The zero-order valence-electron chi connectivity index (χ0n) is 4.10. The molecule has 0 aromatic carbocycles. The van der Waals surface area contributed by atoms with Crippen LogP contribution in [0.25, 0.3) is 0 Å². The van der Waals surface area contributed by atoms with Gasteiger partial charge in [0.1, 0.15) is 0 Å². The average molecular weight is 182 g/mol. The Balaban J connectivity index is 0. The molecule has 0 N–H and O–H groups in total. The van der Waals surface area contributed by atoms with Crippen molar-refractivity contribution in [3.8, 4) is 0 Å². The van der Waals surface area contributed by atoms with Crippen LogP contribution in [0.4, 0.5) is 0 Å². The third-order valence-corrected chi connectivity index (χ3v) is 1.39. The fourth-order valence-electron chi connectivity index (χ4n) is 0.0680. The molecule has 0 unspecified atom stereocenters. The summed E-state index contributed by atoms with van der Waals surface area (Å²) in [7, 11) is -3.13. The SMILES string of the molecule is C=CS(=O)(=O)C=C.[Cu]. The Labute approximate surface area is 59.7 Å². The van der Waals surface area contributed by atoms with E-state index in [1.54, 1.807) is 0 Å². The van der Waals surface area contributed by atoms with E-state index in [2.05, 4.69) is 13.2 Å². The molecule has 0 saturated heterocycles. The quantitative estimate of drug-likeness (QED) is 0.588. The topological polar surface area (TPSA) is 34.1 Å². The van der Waals surface area contributed by atoms with E-state index in [0.717, 1.165) is 10.8 Å². The van der Waals surface area contributed by atoms with Crippen molar-refractivity contribution in [2.75, 3.05) is 0 Å². The monoisotopic (exact) mass is 181 g/mol. The minimum atomic E-state index is -3.13. The molecule has 0 rings (SSSR count). The zero-order chi connectivity index (χ0) is 5.91. The molecule has 0 aliphatic carbocycles. The average Bonchev–Trinajstić information content (AvgIpc) is 1.68. The van der Waals surface area contributed by atoms with Gasteiger partial charge in [-0.25, -0.2) is 8.42 Å². The molecule has 2 nitrogen and oxygen atoms in total. The summed E-state index contributed by atoms with van der Waals surface area (Å²) in [4.78, 5) is 0. The molecule has 0 bridgehead atoms. The predicted octanol–water partition coefficient (Wildman–Crippen LogP) is 0.686. The van der Waals surface area contributed by atoms with Gasteiger partial charge in [0.05, 0.1) is 0 Å². The van der Waals surface area contributed by atoms with Gasteiger partial charge in [0, 0.05) is 27.9 Å². The van der Waals surface area contributed by atoms with Gasteiger partial charge in [0.25, 0.3) is 0 Å². The Hall–Kier alpha value is -0.0505. The molecule has 8 heavy (non-hydrogen) atoms. The van der Waals surface area contributed by atoms with Crippen LogP contribution in [-0.4, -0.2) is 8.42 Å². The summed E-state index contributed by atoms with van der Waals surface area (Å²) in [6.07, 6.45) is 0. The summed E-state index contributed by atoms with van der Waals surface area (Å²) >= 11 is 0. The summed E-state index contributed by atoms with van der Waals surface area (Å²) in [5.41, 5.74) is 0. The second-order valence-corrected chi connectivity index (χ2v) is 2.77. The van der Waals surface area contributed by atoms with Crippen molar-refractivity contribution in [2.45, 2.75) is 0 Å². The molecule has 51 valence electrons. The second kappa shape index (κ2) is 3.89. The fraction of sp³-hybridized carbons (Fsp3) is 0. The first-order valence-corrected chi connectivity index (χ1v) is 3.23.